The minimum Gasteiger partial charge on any atom is -0.394 e. The highest BCUT2D eigenvalue weighted by molar-refractivity contribution is 5.75. The van der Waals surface area contributed by atoms with Crippen LogP contribution in [0.5, 0.6) is 0 Å². The summed E-state index contributed by atoms with van der Waals surface area (Å²) in [6, 6.07) is 0. The van der Waals surface area contributed by atoms with Gasteiger partial charge in [0.2, 0.25) is 0 Å². The highest BCUT2D eigenvalue weighted by Gasteiger charge is 2.36. The lowest BCUT2D eigenvalue weighted by atomic mass is 10.0. The number of carbonyl (C=O) groups is 1. The van der Waals surface area contributed by atoms with Crippen molar-refractivity contribution in [3.63, 3.8) is 0 Å². The van der Waals surface area contributed by atoms with Crippen molar-refractivity contribution in [1.29, 1.82) is 0 Å². The number of aliphatic hydroxyl groups excluding tert-OH is 3. The Balaban J connectivity index is 0.00000172. The van der Waals surface area contributed by atoms with E-state index in [1.165, 1.54) is 0 Å². The monoisotopic (exact) mass is 292 g/mol. The zero-order valence-electron chi connectivity index (χ0n) is 12.6. The minimum absolute atomic E-state index is 0.155. The van der Waals surface area contributed by atoms with E-state index in [1.807, 2.05) is 13.8 Å². The maximum Gasteiger partial charge on any atom is 0.160 e. The van der Waals surface area contributed by atoms with Crippen molar-refractivity contribution in [3.05, 3.63) is 0 Å². The zero-order chi connectivity index (χ0) is 15.5. The largest absolute Gasteiger partial charge is 0.394 e. The number of ketones is 1. The van der Waals surface area contributed by atoms with Crippen LogP contribution in [-0.4, -0.2) is 58.9 Å². The molecule has 1 rings (SSSR count). The Morgan fingerprint density at radius 2 is 1.95 bits per heavy atom. The third kappa shape index (κ3) is 7.31. The molecule has 0 aromatic rings. The van der Waals surface area contributed by atoms with Crippen molar-refractivity contribution >= 4 is 5.78 Å². The molecular weight excluding hydrogens is 264 g/mol. The van der Waals surface area contributed by atoms with Crippen molar-refractivity contribution in [2.24, 2.45) is 0 Å². The molecule has 0 radical (unpaired) electrons. The molecule has 20 heavy (non-hydrogen) atoms. The van der Waals surface area contributed by atoms with E-state index in [9.17, 15) is 15.0 Å². The number of hydrogen-bond acceptors (Lipinski definition) is 6. The van der Waals surface area contributed by atoms with Gasteiger partial charge in [0.25, 0.3) is 0 Å². The number of ether oxygens (including phenoxy) is 2. The van der Waals surface area contributed by atoms with Crippen molar-refractivity contribution in [1.82, 2.24) is 0 Å². The predicted molar refractivity (Wildman–Crippen MR) is 74.2 cm³/mol. The van der Waals surface area contributed by atoms with E-state index in [0.29, 0.717) is 13.0 Å². The number of unbranched alkanes of at least 4 members (excludes halogenated alkanes) is 1. The summed E-state index contributed by atoms with van der Waals surface area (Å²) in [7, 11) is 0. The van der Waals surface area contributed by atoms with E-state index in [2.05, 4.69) is 0 Å². The number of aliphatic hydroxyl groups is 3. The Morgan fingerprint density at radius 1 is 1.30 bits per heavy atom. The van der Waals surface area contributed by atoms with Gasteiger partial charge in [-0.2, -0.15) is 0 Å². The van der Waals surface area contributed by atoms with Crippen LogP contribution in [0.1, 0.15) is 46.5 Å². The molecule has 1 saturated heterocycles. The van der Waals surface area contributed by atoms with Crippen LogP contribution in [-0.2, 0) is 14.3 Å². The molecule has 1 aliphatic rings. The predicted octanol–water partition coefficient (Wildman–Crippen LogP) is 0.618. The maximum absolute atomic E-state index is 10.7. The molecule has 3 N–H and O–H groups in total. The van der Waals surface area contributed by atoms with E-state index in [4.69, 9.17) is 14.6 Å². The molecule has 0 aromatic carbocycles. The topological polar surface area (TPSA) is 96.2 Å². The van der Waals surface area contributed by atoms with Gasteiger partial charge in [0.1, 0.15) is 18.0 Å². The van der Waals surface area contributed by atoms with Gasteiger partial charge < -0.3 is 29.6 Å². The molecule has 1 fully saturated rings. The number of carbonyl (C=O) groups excluding carboxylic acids is 1. The maximum atomic E-state index is 10.7. The summed E-state index contributed by atoms with van der Waals surface area (Å²) in [5, 5.41) is 28.0. The molecule has 4 unspecified atom stereocenters. The summed E-state index contributed by atoms with van der Waals surface area (Å²) in [6.07, 6.45) is -1.22. The Morgan fingerprint density at radius 3 is 2.50 bits per heavy atom. The molecule has 4 atom stereocenters. The van der Waals surface area contributed by atoms with E-state index in [-0.39, 0.29) is 18.8 Å². The molecule has 0 amide bonds. The van der Waals surface area contributed by atoms with E-state index in [0.717, 1.165) is 12.8 Å². The highest BCUT2D eigenvalue weighted by atomic mass is 16.7. The van der Waals surface area contributed by atoms with Crippen LogP contribution in [0.4, 0.5) is 0 Å². The average molecular weight is 292 g/mol. The molecule has 0 aromatic heterocycles. The Hall–Kier alpha value is -0.530. The number of Topliss-reactive ketones (excluding diaryl/α,β-unsaturated/α-hetero) is 1. The average Bonchev–Trinajstić information content (AvgIpc) is 2.44. The highest BCUT2D eigenvalue weighted by Crippen LogP contribution is 2.21. The molecule has 0 spiro atoms. The number of rotatable bonds is 7. The summed E-state index contributed by atoms with van der Waals surface area (Å²) < 4.78 is 10.7. The fourth-order valence-corrected chi connectivity index (χ4v) is 1.86. The first-order chi connectivity index (χ1) is 9.54. The fourth-order valence-electron chi connectivity index (χ4n) is 1.86. The minimum atomic E-state index is -1.08. The van der Waals surface area contributed by atoms with Crippen molar-refractivity contribution in [3.8, 4) is 0 Å². The molecule has 6 heteroatoms. The van der Waals surface area contributed by atoms with Crippen molar-refractivity contribution in [2.75, 3.05) is 13.2 Å². The van der Waals surface area contributed by atoms with Crippen LogP contribution >= 0.6 is 0 Å². The van der Waals surface area contributed by atoms with Gasteiger partial charge in [0.05, 0.1) is 12.7 Å². The standard InChI is InChI=1S/C12H22O6.C2H6/c1-8(14)4-2-3-5-17-11-6-9(15)12(16)10(7-13)18-11;1-2/h9-13,15-16H,2-7H2,1H3;1-2H3. The first-order valence-corrected chi connectivity index (χ1v) is 7.28. The molecule has 0 aliphatic carbocycles. The van der Waals surface area contributed by atoms with Crippen LogP contribution in [0.25, 0.3) is 0 Å². The van der Waals surface area contributed by atoms with Crippen molar-refractivity contribution < 1.29 is 29.6 Å². The van der Waals surface area contributed by atoms with Crippen LogP contribution in [0.3, 0.4) is 0 Å². The third-order valence-electron chi connectivity index (χ3n) is 2.94. The lowest BCUT2D eigenvalue weighted by Gasteiger charge is -2.36. The van der Waals surface area contributed by atoms with Gasteiger partial charge in [-0.25, -0.2) is 0 Å². The first kappa shape index (κ1) is 19.5. The lowest BCUT2D eigenvalue weighted by Crippen LogP contribution is -2.50. The summed E-state index contributed by atoms with van der Waals surface area (Å²) in [5.41, 5.74) is 0. The second kappa shape index (κ2) is 11.2. The summed E-state index contributed by atoms with van der Waals surface area (Å²) in [5.74, 6) is 0.155. The Labute approximate surface area is 120 Å². The Kier molecular flexibility index (Phi) is 10.9. The van der Waals surface area contributed by atoms with Gasteiger partial charge in [-0.15, -0.1) is 0 Å². The smallest absolute Gasteiger partial charge is 0.160 e. The first-order valence-electron chi connectivity index (χ1n) is 7.28. The van der Waals surface area contributed by atoms with Gasteiger partial charge in [-0.3, -0.25) is 0 Å². The molecule has 1 aliphatic heterocycles. The van der Waals surface area contributed by atoms with Gasteiger partial charge >= 0.3 is 0 Å². The Bertz CT molecular complexity index is 258. The van der Waals surface area contributed by atoms with Gasteiger partial charge in [0.15, 0.2) is 6.29 Å². The van der Waals surface area contributed by atoms with Gasteiger partial charge in [0, 0.05) is 19.4 Å². The van der Waals surface area contributed by atoms with Crippen molar-refractivity contribution in [2.45, 2.75) is 71.1 Å². The number of hydrogen-bond donors (Lipinski definition) is 3. The third-order valence-corrected chi connectivity index (χ3v) is 2.94. The fraction of sp³-hybridized carbons (Fsp3) is 0.929. The zero-order valence-corrected chi connectivity index (χ0v) is 12.6. The van der Waals surface area contributed by atoms with Crippen LogP contribution < -0.4 is 0 Å². The van der Waals surface area contributed by atoms with E-state index >= 15 is 0 Å². The van der Waals surface area contributed by atoms with E-state index < -0.39 is 24.6 Å². The van der Waals surface area contributed by atoms with Crippen LogP contribution in [0, 0.1) is 0 Å². The molecular formula is C14H28O6. The summed E-state index contributed by atoms with van der Waals surface area (Å²) in [4.78, 5) is 10.7. The second-order valence-electron chi connectivity index (χ2n) is 4.61. The lowest BCUT2D eigenvalue weighted by molar-refractivity contribution is -0.256. The van der Waals surface area contributed by atoms with Gasteiger partial charge in [-0.1, -0.05) is 13.8 Å². The molecule has 0 saturated carbocycles. The molecule has 6 nitrogen and oxygen atoms in total. The van der Waals surface area contributed by atoms with E-state index in [1.54, 1.807) is 6.92 Å². The van der Waals surface area contributed by atoms with Crippen LogP contribution in [0.2, 0.25) is 0 Å². The molecule has 120 valence electrons. The second-order valence-corrected chi connectivity index (χ2v) is 4.61. The SMILES string of the molecule is CC.CC(=O)CCCCOC1CC(O)C(O)C(CO)O1. The quantitative estimate of drug-likeness (QED) is 0.595. The normalized spacial score (nSPS) is 29.5. The van der Waals surface area contributed by atoms with Crippen LogP contribution in [0.15, 0.2) is 0 Å². The molecule has 1 heterocycles. The molecule has 0 bridgehead atoms. The van der Waals surface area contributed by atoms with Gasteiger partial charge in [-0.05, 0) is 19.8 Å². The summed E-state index contributed by atoms with van der Waals surface area (Å²) in [6.45, 7) is 5.62. The summed E-state index contributed by atoms with van der Waals surface area (Å²) >= 11 is 0.